The summed E-state index contributed by atoms with van der Waals surface area (Å²) in [7, 11) is -7.92. The van der Waals surface area contributed by atoms with Crippen LogP contribution in [0.4, 0.5) is 5.69 Å². The monoisotopic (exact) mass is 347 g/mol. The Balaban J connectivity index is -0.0000000960. The standard InChI is InChI=1S/C7H9N.2Na.2H2O4S/c1-8-7-5-3-2-4-6-7;;;2*1-5(2,3)4/h2-6,8H,1H3;;;2*(H2,1,2,3,4)/q;2*+1;;/p-2. The van der Waals surface area contributed by atoms with Gasteiger partial charge in [0.1, 0.15) is 0 Å². The molecule has 0 aliphatic carbocycles. The second kappa shape index (κ2) is 14.7. The molecule has 0 unspecified atom stereocenters. The molecule has 3 N–H and O–H groups in total. The van der Waals surface area contributed by atoms with E-state index in [1.54, 1.807) is 0 Å². The summed E-state index contributed by atoms with van der Waals surface area (Å²) in [5.41, 5.74) is 1.16. The van der Waals surface area contributed by atoms with E-state index in [0.717, 1.165) is 5.69 Å². The Morgan fingerprint density at radius 2 is 1.20 bits per heavy atom. The number of benzene rings is 1. The fourth-order valence-electron chi connectivity index (χ4n) is 0.605. The Labute approximate surface area is 161 Å². The average Bonchev–Trinajstić information content (AvgIpc) is 2.14. The largest absolute Gasteiger partial charge is 1.00 e. The van der Waals surface area contributed by atoms with Gasteiger partial charge in [-0.1, -0.05) is 18.2 Å². The summed E-state index contributed by atoms with van der Waals surface area (Å²) >= 11 is 0. The second-order valence-corrected chi connectivity index (χ2v) is 4.18. The molecule has 0 atom stereocenters. The van der Waals surface area contributed by atoms with Crippen LogP contribution in [0.3, 0.4) is 0 Å². The molecule has 1 aromatic rings. The van der Waals surface area contributed by atoms with Crippen molar-refractivity contribution in [1.29, 1.82) is 0 Å². The normalized spacial score (nSPS) is 9.25. The summed E-state index contributed by atoms with van der Waals surface area (Å²) in [6.45, 7) is 0. The molecule has 0 aliphatic rings. The van der Waals surface area contributed by atoms with E-state index in [2.05, 4.69) is 5.32 Å². The SMILES string of the molecule is CNc1ccccc1.O=S(=O)(O)O.O=S(=O)([O-])[O-].[Na+].[Na+]. The molecule has 0 aliphatic heterocycles. The van der Waals surface area contributed by atoms with Gasteiger partial charge in [-0.2, -0.15) is 8.42 Å². The van der Waals surface area contributed by atoms with Crippen molar-refractivity contribution in [1.82, 2.24) is 0 Å². The van der Waals surface area contributed by atoms with Gasteiger partial charge in [-0.25, -0.2) is 0 Å². The van der Waals surface area contributed by atoms with Crippen LogP contribution in [-0.4, -0.2) is 42.1 Å². The van der Waals surface area contributed by atoms with Gasteiger partial charge in [0.25, 0.3) is 0 Å². The fraction of sp³-hybridized carbons (Fsp3) is 0.143. The zero-order valence-electron chi connectivity index (χ0n) is 11.0. The third-order valence-electron chi connectivity index (χ3n) is 1.06. The van der Waals surface area contributed by atoms with Gasteiger partial charge in [-0.15, -0.1) is 0 Å². The number of hydrogen-bond donors (Lipinski definition) is 3. The molecular formula is C7H11NNa2O8S2. The minimum Gasteiger partial charge on any atom is -0.759 e. The number of hydrogen-bond acceptors (Lipinski definition) is 7. The van der Waals surface area contributed by atoms with E-state index < -0.39 is 20.8 Å². The zero-order chi connectivity index (χ0) is 14.8. The van der Waals surface area contributed by atoms with Crippen LogP contribution in [0.1, 0.15) is 0 Å². The molecule has 0 fully saturated rings. The summed E-state index contributed by atoms with van der Waals surface area (Å²) in [6.07, 6.45) is 0. The molecule has 20 heavy (non-hydrogen) atoms. The molecule has 1 rings (SSSR count). The van der Waals surface area contributed by atoms with Crippen molar-refractivity contribution in [3.63, 3.8) is 0 Å². The van der Waals surface area contributed by atoms with Crippen molar-refractivity contribution in [2.75, 3.05) is 12.4 Å². The molecule has 0 aromatic heterocycles. The maximum atomic E-state index is 8.74. The van der Waals surface area contributed by atoms with E-state index in [9.17, 15) is 0 Å². The van der Waals surface area contributed by atoms with Gasteiger partial charge in [-0.3, -0.25) is 17.5 Å². The summed E-state index contributed by atoms with van der Waals surface area (Å²) in [6, 6.07) is 10.1. The summed E-state index contributed by atoms with van der Waals surface area (Å²) in [5.74, 6) is 0. The van der Waals surface area contributed by atoms with Crippen molar-refractivity contribution in [3.8, 4) is 0 Å². The minimum absolute atomic E-state index is 0. The van der Waals surface area contributed by atoms with Crippen molar-refractivity contribution in [3.05, 3.63) is 30.3 Å². The first-order valence-corrected chi connectivity index (χ1v) is 6.76. The molecule has 0 saturated heterocycles. The van der Waals surface area contributed by atoms with Crippen LogP contribution in [-0.2, 0) is 20.8 Å². The average molecular weight is 347 g/mol. The molecular weight excluding hydrogens is 336 g/mol. The van der Waals surface area contributed by atoms with E-state index in [1.165, 1.54) is 0 Å². The summed E-state index contributed by atoms with van der Waals surface area (Å²) < 4.78 is 65.7. The minimum atomic E-state index is -5.17. The topological polar surface area (TPSA) is 167 Å². The first-order chi connectivity index (χ1) is 7.93. The van der Waals surface area contributed by atoms with Gasteiger partial charge in [0.2, 0.25) is 0 Å². The van der Waals surface area contributed by atoms with Gasteiger partial charge < -0.3 is 14.4 Å². The predicted octanol–water partition coefficient (Wildman–Crippen LogP) is -6.25. The van der Waals surface area contributed by atoms with Crippen LogP contribution in [0.2, 0.25) is 0 Å². The molecule has 0 amide bonds. The Hall–Kier alpha value is 0.760. The number of anilines is 1. The Morgan fingerprint density at radius 1 is 0.950 bits per heavy atom. The molecule has 1 aromatic carbocycles. The molecule has 0 radical (unpaired) electrons. The van der Waals surface area contributed by atoms with E-state index in [-0.39, 0.29) is 59.1 Å². The maximum absolute atomic E-state index is 8.74. The molecule has 0 bridgehead atoms. The van der Waals surface area contributed by atoms with Gasteiger partial charge >= 0.3 is 69.5 Å². The van der Waals surface area contributed by atoms with Crippen LogP contribution in [0.15, 0.2) is 30.3 Å². The van der Waals surface area contributed by atoms with Gasteiger partial charge in [0.05, 0.1) is 0 Å². The molecule has 0 heterocycles. The third kappa shape index (κ3) is 51.1. The van der Waals surface area contributed by atoms with Gasteiger partial charge in [-0.05, 0) is 12.1 Å². The van der Waals surface area contributed by atoms with E-state index in [1.807, 2.05) is 37.4 Å². The number of rotatable bonds is 1. The van der Waals surface area contributed by atoms with Crippen LogP contribution in [0.25, 0.3) is 0 Å². The Kier molecular flexibility index (Phi) is 21.2. The Morgan fingerprint density at radius 3 is 1.35 bits per heavy atom. The molecule has 0 saturated carbocycles. The van der Waals surface area contributed by atoms with Gasteiger partial charge in [0.15, 0.2) is 0 Å². The van der Waals surface area contributed by atoms with Crippen molar-refractivity contribution in [2.45, 2.75) is 0 Å². The van der Waals surface area contributed by atoms with Crippen molar-refractivity contribution >= 4 is 26.5 Å². The smallest absolute Gasteiger partial charge is 0.759 e. The molecule has 9 nitrogen and oxygen atoms in total. The van der Waals surface area contributed by atoms with Crippen LogP contribution in [0.5, 0.6) is 0 Å². The van der Waals surface area contributed by atoms with E-state index in [0.29, 0.717) is 0 Å². The zero-order valence-corrected chi connectivity index (χ0v) is 16.7. The van der Waals surface area contributed by atoms with Crippen LogP contribution < -0.4 is 64.4 Å². The third-order valence-corrected chi connectivity index (χ3v) is 1.06. The van der Waals surface area contributed by atoms with Crippen LogP contribution >= 0.6 is 0 Å². The van der Waals surface area contributed by atoms with Crippen molar-refractivity contribution in [2.24, 2.45) is 0 Å². The first-order valence-electron chi connectivity index (χ1n) is 4.03. The van der Waals surface area contributed by atoms with Gasteiger partial charge in [0, 0.05) is 23.1 Å². The fourth-order valence-corrected chi connectivity index (χ4v) is 0.605. The predicted molar refractivity (Wildman–Crippen MR) is 60.6 cm³/mol. The summed E-state index contributed by atoms with van der Waals surface area (Å²) in [4.78, 5) is 0. The quantitative estimate of drug-likeness (QED) is 0.254. The maximum Gasteiger partial charge on any atom is 1.00 e. The van der Waals surface area contributed by atoms with Crippen molar-refractivity contribution < 1.29 is 94.2 Å². The number of para-hydroxylation sites is 1. The number of nitrogens with one attached hydrogen (secondary N) is 1. The van der Waals surface area contributed by atoms with Crippen LogP contribution in [0, 0.1) is 0 Å². The van der Waals surface area contributed by atoms with E-state index in [4.69, 9.17) is 35.0 Å². The second-order valence-electron chi connectivity index (χ2n) is 2.47. The molecule has 106 valence electrons. The summed E-state index contributed by atoms with van der Waals surface area (Å²) in [5, 5.41) is 3.03. The first kappa shape index (κ1) is 28.9. The molecule has 13 heteroatoms. The Bertz CT molecular complexity index is 473. The van der Waals surface area contributed by atoms with E-state index >= 15 is 0 Å². The molecule has 0 spiro atoms.